The standard InChI is InChI=1S/C12H23N3/c1-12(2,10-14-7-6-13)11-5-4-8-15(3)9-11/h11,14H,4-5,7-10H2,1-3H3. The first-order valence-corrected chi connectivity index (χ1v) is 5.82. The topological polar surface area (TPSA) is 39.1 Å². The van der Waals surface area contributed by atoms with E-state index in [1.54, 1.807) is 0 Å². The van der Waals surface area contributed by atoms with E-state index < -0.39 is 0 Å². The number of hydrogen-bond acceptors (Lipinski definition) is 3. The fourth-order valence-corrected chi connectivity index (χ4v) is 2.39. The van der Waals surface area contributed by atoms with Crippen molar-refractivity contribution in [3.05, 3.63) is 0 Å². The molecule has 1 aliphatic heterocycles. The molecule has 1 unspecified atom stereocenters. The molecule has 0 bridgehead atoms. The fourth-order valence-electron chi connectivity index (χ4n) is 2.39. The first kappa shape index (κ1) is 12.5. The van der Waals surface area contributed by atoms with Crippen molar-refractivity contribution >= 4 is 0 Å². The lowest BCUT2D eigenvalue weighted by Gasteiger charge is -2.40. The maximum Gasteiger partial charge on any atom is 0.0841 e. The Morgan fingerprint density at radius 3 is 2.87 bits per heavy atom. The summed E-state index contributed by atoms with van der Waals surface area (Å²) in [4.78, 5) is 2.42. The zero-order valence-electron chi connectivity index (χ0n) is 10.2. The van der Waals surface area contributed by atoms with E-state index in [1.807, 2.05) is 0 Å². The normalized spacial score (nSPS) is 23.7. The molecule has 0 radical (unpaired) electrons. The number of piperidine rings is 1. The van der Waals surface area contributed by atoms with Gasteiger partial charge in [-0.3, -0.25) is 0 Å². The second kappa shape index (κ2) is 5.48. The Morgan fingerprint density at radius 1 is 1.53 bits per heavy atom. The van der Waals surface area contributed by atoms with Crippen molar-refractivity contribution in [3.63, 3.8) is 0 Å². The minimum absolute atomic E-state index is 0.297. The summed E-state index contributed by atoms with van der Waals surface area (Å²) >= 11 is 0. The molecule has 1 rings (SSSR count). The number of hydrogen-bond donors (Lipinski definition) is 1. The Bertz CT molecular complexity index is 230. The first-order valence-electron chi connectivity index (χ1n) is 5.82. The molecule has 1 N–H and O–H groups in total. The quantitative estimate of drug-likeness (QED) is 0.563. The highest BCUT2D eigenvalue weighted by atomic mass is 15.1. The molecule has 1 fully saturated rings. The summed E-state index contributed by atoms with van der Waals surface area (Å²) < 4.78 is 0. The second-order valence-electron chi connectivity index (χ2n) is 5.35. The number of nitrogens with one attached hydrogen (secondary N) is 1. The van der Waals surface area contributed by atoms with Crippen LogP contribution >= 0.6 is 0 Å². The summed E-state index contributed by atoms with van der Waals surface area (Å²) in [6.07, 6.45) is 2.63. The van der Waals surface area contributed by atoms with Crippen LogP contribution in [0.1, 0.15) is 26.7 Å². The largest absolute Gasteiger partial charge is 0.306 e. The molecule has 0 saturated carbocycles. The van der Waals surface area contributed by atoms with Gasteiger partial charge < -0.3 is 10.2 Å². The van der Waals surface area contributed by atoms with E-state index in [0.29, 0.717) is 12.0 Å². The van der Waals surface area contributed by atoms with E-state index in [4.69, 9.17) is 5.26 Å². The van der Waals surface area contributed by atoms with Gasteiger partial charge in [-0.1, -0.05) is 13.8 Å². The molecule has 0 spiro atoms. The summed E-state index contributed by atoms with van der Waals surface area (Å²) in [6, 6.07) is 2.13. The molecule has 15 heavy (non-hydrogen) atoms. The van der Waals surface area contributed by atoms with Crippen LogP contribution in [-0.4, -0.2) is 38.1 Å². The Hall–Kier alpha value is -0.590. The van der Waals surface area contributed by atoms with Crippen LogP contribution in [0, 0.1) is 22.7 Å². The van der Waals surface area contributed by atoms with Gasteiger partial charge in [-0.05, 0) is 37.8 Å². The van der Waals surface area contributed by atoms with Gasteiger partial charge in [0, 0.05) is 13.1 Å². The van der Waals surface area contributed by atoms with Crippen LogP contribution in [0.2, 0.25) is 0 Å². The van der Waals surface area contributed by atoms with Crippen molar-refractivity contribution in [2.24, 2.45) is 11.3 Å². The molecule has 0 aromatic carbocycles. The molecule has 0 amide bonds. The second-order valence-corrected chi connectivity index (χ2v) is 5.35. The molecule has 3 nitrogen and oxygen atoms in total. The predicted molar refractivity (Wildman–Crippen MR) is 62.5 cm³/mol. The van der Waals surface area contributed by atoms with Gasteiger partial charge in [0.1, 0.15) is 0 Å². The lowest BCUT2D eigenvalue weighted by Crippen LogP contribution is -2.44. The van der Waals surface area contributed by atoms with E-state index in [-0.39, 0.29) is 0 Å². The zero-order chi connectivity index (χ0) is 11.3. The third kappa shape index (κ3) is 3.81. The van der Waals surface area contributed by atoms with Gasteiger partial charge in [0.15, 0.2) is 0 Å². The number of nitriles is 1. The van der Waals surface area contributed by atoms with Crippen molar-refractivity contribution in [2.75, 3.05) is 33.2 Å². The summed E-state index contributed by atoms with van der Waals surface area (Å²) in [7, 11) is 2.20. The van der Waals surface area contributed by atoms with E-state index in [1.165, 1.54) is 25.9 Å². The fraction of sp³-hybridized carbons (Fsp3) is 0.917. The number of nitrogens with zero attached hydrogens (tertiary/aromatic N) is 2. The molecule has 1 aliphatic rings. The highest BCUT2D eigenvalue weighted by molar-refractivity contribution is 4.86. The zero-order valence-corrected chi connectivity index (χ0v) is 10.2. The van der Waals surface area contributed by atoms with E-state index in [0.717, 1.165) is 12.5 Å². The molecule has 86 valence electrons. The lowest BCUT2D eigenvalue weighted by atomic mass is 9.74. The Labute approximate surface area is 93.5 Å². The van der Waals surface area contributed by atoms with E-state index in [9.17, 15) is 0 Å². The van der Waals surface area contributed by atoms with Gasteiger partial charge in [-0.2, -0.15) is 5.26 Å². The van der Waals surface area contributed by atoms with Gasteiger partial charge in [0.05, 0.1) is 12.6 Å². The smallest absolute Gasteiger partial charge is 0.0841 e. The van der Waals surface area contributed by atoms with Gasteiger partial charge >= 0.3 is 0 Å². The van der Waals surface area contributed by atoms with Crippen LogP contribution in [-0.2, 0) is 0 Å². The number of rotatable bonds is 4. The van der Waals surface area contributed by atoms with Gasteiger partial charge in [0.25, 0.3) is 0 Å². The minimum Gasteiger partial charge on any atom is -0.306 e. The van der Waals surface area contributed by atoms with Crippen LogP contribution in [0.4, 0.5) is 0 Å². The van der Waals surface area contributed by atoms with Crippen molar-refractivity contribution in [1.82, 2.24) is 10.2 Å². The first-order chi connectivity index (χ1) is 7.06. The third-order valence-electron chi connectivity index (χ3n) is 3.51. The van der Waals surface area contributed by atoms with Gasteiger partial charge in [-0.15, -0.1) is 0 Å². The molecule has 1 saturated heterocycles. The van der Waals surface area contributed by atoms with Gasteiger partial charge in [-0.25, -0.2) is 0 Å². The highest BCUT2D eigenvalue weighted by Gasteiger charge is 2.31. The monoisotopic (exact) mass is 209 g/mol. The molecule has 1 atom stereocenters. The van der Waals surface area contributed by atoms with E-state index >= 15 is 0 Å². The van der Waals surface area contributed by atoms with Crippen LogP contribution in [0.5, 0.6) is 0 Å². The lowest BCUT2D eigenvalue weighted by molar-refractivity contribution is 0.104. The van der Waals surface area contributed by atoms with Crippen molar-refractivity contribution in [2.45, 2.75) is 26.7 Å². The predicted octanol–water partition coefficient (Wildman–Crippen LogP) is 1.47. The Balaban J connectivity index is 2.41. The van der Waals surface area contributed by atoms with Gasteiger partial charge in [0.2, 0.25) is 0 Å². The molecule has 0 aliphatic carbocycles. The summed E-state index contributed by atoms with van der Waals surface area (Å²) in [5, 5.41) is 11.7. The minimum atomic E-state index is 0.297. The Morgan fingerprint density at radius 2 is 2.27 bits per heavy atom. The SMILES string of the molecule is CN1CCCC(C(C)(C)CNCC#N)C1. The summed E-state index contributed by atoms with van der Waals surface area (Å²) in [5.41, 5.74) is 0.297. The van der Waals surface area contributed by atoms with Crippen molar-refractivity contribution < 1.29 is 0 Å². The van der Waals surface area contributed by atoms with Crippen LogP contribution < -0.4 is 5.32 Å². The molecule has 3 heteroatoms. The van der Waals surface area contributed by atoms with Crippen molar-refractivity contribution in [1.29, 1.82) is 5.26 Å². The third-order valence-corrected chi connectivity index (χ3v) is 3.51. The molecule has 0 aromatic rings. The van der Waals surface area contributed by atoms with Crippen LogP contribution in [0.25, 0.3) is 0 Å². The number of likely N-dealkylation sites (tertiary alicyclic amines) is 1. The van der Waals surface area contributed by atoms with Crippen LogP contribution in [0.15, 0.2) is 0 Å². The highest BCUT2D eigenvalue weighted by Crippen LogP contribution is 2.32. The Kier molecular flexibility index (Phi) is 4.56. The van der Waals surface area contributed by atoms with Crippen LogP contribution in [0.3, 0.4) is 0 Å². The van der Waals surface area contributed by atoms with E-state index in [2.05, 4.69) is 37.2 Å². The maximum atomic E-state index is 8.49. The molecule has 0 aromatic heterocycles. The average molecular weight is 209 g/mol. The van der Waals surface area contributed by atoms with Crippen molar-refractivity contribution in [3.8, 4) is 6.07 Å². The molecule has 1 heterocycles. The molecular formula is C12H23N3. The summed E-state index contributed by atoms with van der Waals surface area (Å²) in [6.45, 7) is 8.45. The molecular weight excluding hydrogens is 186 g/mol. The maximum absolute atomic E-state index is 8.49. The average Bonchev–Trinajstić information content (AvgIpc) is 2.18. The summed E-state index contributed by atoms with van der Waals surface area (Å²) in [5.74, 6) is 0.752.